The average Bonchev–Trinajstić information content (AvgIpc) is 2.24. The first-order chi connectivity index (χ1) is 7.88. The molecule has 9 heteroatoms. The quantitative estimate of drug-likeness (QED) is 0.493. The van der Waals surface area contributed by atoms with E-state index < -0.39 is 15.9 Å². The zero-order valence-electron chi connectivity index (χ0n) is 9.32. The van der Waals surface area contributed by atoms with Crippen molar-refractivity contribution in [2.45, 2.75) is 12.8 Å². The van der Waals surface area contributed by atoms with Crippen molar-refractivity contribution in [1.29, 1.82) is 0 Å². The van der Waals surface area contributed by atoms with Crippen molar-refractivity contribution in [3.63, 3.8) is 0 Å². The summed E-state index contributed by atoms with van der Waals surface area (Å²) in [5.41, 5.74) is 2.44. The average molecular weight is 262 g/mol. The molecule has 1 rings (SSSR count). The van der Waals surface area contributed by atoms with Gasteiger partial charge in [-0.1, -0.05) is 0 Å². The van der Waals surface area contributed by atoms with Gasteiger partial charge in [0.05, 0.1) is 6.26 Å². The molecule has 0 aromatic heterocycles. The van der Waals surface area contributed by atoms with Crippen LogP contribution in [0, 0.1) is 0 Å². The van der Waals surface area contributed by atoms with E-state index >= 15 is 0 Å². The van der Waals surface area contributed by atoms with E-state index in [9.17, 15) is 18.0 Å². The molecule has 3 N–H and O–H groups in total. The molecule has 0 aliphatic carbocycles. The Kier molecular flexibility index (Phi) is 4.58. The van der Waals surface area contributed by atoms with Gasteiger partial charge in [0, 0.05) is 25.9 Å². The van der Waals surface area contributed by atoms with Crippen LogP contribution >= 0.6 is 0 Å². The predicted molar refractivity (Wildman–Crippen MR) is 60.7 cm³/mol. The van der Waals surface area contributed by atoms with E-state index in [-0.39, 0.29) is 37.6 Å². The number of carbonyl (C=O) groups is 2. The number of hydrogen-bond donors (Lipinski definition) is 3. The fourth-order valence-corrected chi connectivity index (χ4v) is 1.63. The van der Waals surface area contributed by atoms with Crippen molar-refractivity contribution < 1.29 is 18.0 Å². The summed E-state index contributed by atoms with van der Waals surface area (Å²) in [4.78, 5) is 22.2. The van der Waals surface area contributed by atoms with Crippen LogP contribution in [0.2, 0.25) is 0 Å². The maximum absolute atomic E-state index is 11.5. The molecule has 0 bridgehead atoms. The van der Waals surface area contributed by atoms with E-state index in [0.717, 1.165) is 6.26 Å². The third kappa shape index (κ3) is 5.41. The molecule has 0 spiro atoms. The highest BCUT2D eigenvalue weighted by Crippen LogP contribution is 1.98. The van der Waals surface area contributed by atoms with E-state index in [2.05, 4.69) is 20.6 Å². The van der Waals surface area contributed by atoms with Crippen molar-refractivity contribution in [3.05, 3.63) is 0 Å². The number of hydrazone groups is 1. The lowest BCUT2D eigenvalue weighted by atomic mass is 10.1. The van der Waals surface area contributed by atoms with E-state index in [1.165, 1.54) is 0 Å². The summed E-state index contributed by atoms with van der Waals surface area (Å²) in [5.74, 6) is -0.624. The van der Waals surface area contributed by atoms with E-state index in [1.54, 1.807) is 0 Å². The molecule has 1 aliphatic rings. The predicted octanol–water partition coefficient (Wildman–Crippen LogP) is -2.08. The van der Waals surface area contributed by atoms with Gasteiger partial charge in [0.2, 0.25) is 15.9 Å². The molecule has 0 saturated carbocycles. The third-order valence-corrected chi connectivity index (χ3v) is 2.67. The first kappa shape index (κ1) is 13.6. The van der Waals surface area contributed by atoms with Crippen molar-refractivity contribution in [1.82, 2.24) is 15.5 Å². The number of carbonyl (C=O) groups excluding carboxylic acids is 2. The third-order valence-electron chi connectivity index (χ3n) is 1.94. The second-order valence-electron chi connectivity index (χ2n) is 3.52. The topological polar surface area (TPSA) is 117 Å². The molecule has 1 aliphatic heterocycles. The Balaban J connectivity index is 2.28. The Labute approximate surface area is 98.9 Å². The Hall–Kier alpha value is -1.48. The second-order valence-corrected chi connectivity index (χ2v) is 5.35. The van der Waals surface area contributed by atoms with E-state index in [4.69, 9.17) is 0 Å². The Bertz CT molecular complexity index is 442. The number of hydrogen-bond acceptors (Lipinski definition) is 5. The van der Waals surface area contributed by atoms with Crippen molar-refractivity contribution in [3.8, 4) is 0 Å². The maximum atomic E-state index is 11.5. The number of rotatable bonds is 5. The normalized spacial score (nSPS) is 16.1. The molecule has 0 aromatic carbocycles. The van der Waals surface area contributed by atoms with Crippen LogP contribution in [0.3, 0.4) is 0 Å². The Morgan fingerprint density at radius 2 is 2.12 bits per heavy atom. The van der Waals surface area contributed by atoms with E-state index in [1.807, 2.05) is 0 Å². The molecule has 8 nitrogen and oxygen atoms in total. The van der Waals surface area contributed by atoms with Crippen molar-refractivity contribution >= 4 is 27.5 Å². The molecular formula is C8H14N4O4S. The summed E-state index contributed by atoms with van der Waals surface area (Å²) in [6, 6.07) is 0. The van der Waals surface area contributed by atoms with Gasteiger partial charge in [0.15, 0.2) is 0 Å². The van der Waals surface area contributed by atoms with Gasteiger partial charge in [-0.2, -0.15) is 5.10 Å². The Morgan fingerprint density at radius 1 is 1.41 bits per heavy atom. The lowest BCUT2D eigenvalue weighted by molar-refractivity contribution is -0.121. The fraction of sp³-hybridized carbons (Fsp3) is 0.625. The first-order valence-corrected chi connectivity index (χ1v) is 6.86. The summed E-state index contributed by atoms with van der Waals surface area (Å²) in [5, 5.41) is 6.10. The minimum atomic E-state index is -3.24. The molecular weight excluding hydrogens is 248 g/mol. The van der Waals surface area contributed by atoms with Crippen LogP contribution in [0.15, 0.2) is 5.10 Å². The SMILES string of the molecule is CS(=O)(=O)NCCNC(=O)C1=NNC(=O)CC1. The van der Waals surface area contributed by atoms with Crippen LogP contribution in [0.1, 0.15) is 12.8 Å². The van der Waals surface area contributed by atoms with Crippen LogP contribution in [-0.2, 0) is 19.6 Å². The molecule has 0 radical (unpaired) electrons. The van der Waals surface area contributed by atoms with Crippen molar-refractivity contribution in [2.75, 3.05) is 19.3 Å². The number of sulfonamides is 1. The van der Waals surface area contributed by atoms with Crippen molar-refractivity contribution in [2.24, 2.45) is 5.10 Å². The zero-order chi connectivity index (χ0) is 12.9. The summed E-state index contributed by atoms with van der Waals surface area (Å²) in [6.07, 6.45) is 1.56. The molecule has 0 fully saturated rings. The van der Waals surface area contributed by atoms with Crippen LogP contribution in [0.5, 0.6) is 0 Å². The van der Waals surface area contributed by atoms with Gasteiger partial charge >= 0.3 is 0 Å². The molecule has 0 unspecified atom stereocenters. The van der Waals surface area contributed by atoms with Gasteiger partial charge in [-0.05, 0) is 0 Å². The highest BCUT2D eigenvalue weighted by atomic mass is 32.2. The zero-order valence-corrected chi connectivity index (χ0v) is 10.1. The van der Waals surface area contributed by atoms with Gasteiger partial charge in [0.25, 0.3) is 5.91 Å². The summed E-state index contributed by atoms with van der Waals surface area (Å²) in [7, 11) is -3.24. The number of nitrogens with one attached hydrogen (secondary N) is 3. The van der Waals surface area contributed by atoms with Crippen LogP contribution in [0.4, 0.5) is 0 Å². The lowest BCUT2D eigenvalue weighted by Gasteiger charge is -2.11. The first-order valence-electron chi connectivity index (χ1n) is 4.97. The maximum Gasteiger partial charge on any atom is 0.267 e. The molecule has 2 amide bonds. The molecule has 0 atom stereocenters. The summed E-state index contributed by atoms with van der Waals surface area (Å²) < 4.78 is 23.7. The minimum Gasteiger partial charge on any atom is -0.350 e. The van der Waals surface area contributed by atoms with Gasteiger partial charge in [-0.3, -0.25) is 9.59 Å². The minimum absolute atomic E-state index is 0.115. The highest BCUT2D eigenvalue weighted by Gasteiger charge is 2.17. The number of nitrogens with zero attached hydrogens (tertiary/aromatic N) is 1. The smallest absolute Gasteiger partial charge is 0.267 e. The van der Waals surface area contributed by atoms with Crippen LogP contribution < -0.4 is 15.5 Å². The molecule has 0 aromatic rings. The monoisotopic (exact) mass is 262 g/mol. The van der Waals surface area contributed by atoms with Gasteiger partial charge in [-0.15, -0.1) is 0 Å². The fourth-order valence-electron chi connectivity index (χ4n) is 1.15. The van der Waals surface area contributed by atoms with Gasteiger partial charge in [0.1, 0.15) is 5.71 Å². The molecule has 96 valence electrons. The standard InChI is InChI=1S/C8H14N4O4S/c1-17(15,16)10-5-4-9-8(14)6-2-3-7(13)12-11-6/h10H,2-5H2,1H3,(H,9,14)(H,12,13). The largest absolute Gasteiger partial charge is 0.350 e. The Morgan fingerprint density at radius 3 is 2.65 bits per heavy atom. The van der Waals surface area contributed by atoms with Gasteiger partial charge in [-0.25, -0.2) is 18.6 Å². The number of amides is 2. The second kappa shape index (κ2) is 5.73. The highest BCUT2D eigenvalue weighted by molar-refractivity contribution is 7.88. The van der Waals surface area contributed by atoms with Crippen LogP contribution in [-0.4, -0.2) is 45.3 Å². The van der Waals surface area contributed by atoms with E-state index in [0.29, 0.717) is 0 Å². The molecule has 17 heavy (non-hydrogen) atoms. The lowest BCUT2D eigenvalue weighted by Crippen LogP contribution is -2.40. The molecule has 0 saturated heterocycles. The summed E-state index contributed by atoms with van der Waals surface area (Å²) >= 11 is 0. The molecule has 1 heterocycles. The summed E-state index contributed by atoms with van der Waals surface area (Å²) in [6.45, 7) is 0.281. The van der Waals surface area contributed by atoms with Crippen LogP contribution in [0.25, 0.3) is 0 Å². The van der Waals surface area contributed by atoms with Gasteiger partial charge < -0.3 is 5.32 Å².